The first-order valence-corrected chi connectivity index (χ1v) is 5.89. The Morgan fingerprint density at radius 1 is 1.53 bits per heavy atom. The van der Waals surface area contributed by atoms with Crippen LogP contribution < -0.4 is 27.2 Å². The minimum atomic E-state index is -0.810. The molecule has 7 heteroatoms. The molecule has 0 bridgehead atoms. The number of rotatable bonds is 3. The van der Waals surface area contributed by atoms with Crippen molar-refractivity contribution in [2.24, 2.45) is 11.7 Å². The van der Waals surface area contributed by atoms with Gasteiger partial charge in [-0.2, -0.15) is 5.43 Å². The van der Waals surface area contributed by atoms with E-state index in [0.29, 0.717) is 0 Å². The monoisotopic (exact) mass is 244 g/mol. The van der Waals surface area contributed by atoms with E-state index in [1.54, 1.807) is 0 Å². The Balaban J connectivity index is 0.000000317. The number of carbonyl (C=O) groups is 2. The molecular formula is C10H22N5O2+. The van der Waals surface area contributed by atoms with Crippen LogP contribution in [0.2, 0.25) is 0 Å². The Labute approximate surface area is 101 Å². The number of carbonyl (C=O) groups excluding carboxylic acids is 2. The quantitative estimate of drug-likeness (QED) is 0.217. The van der Waals surface area contributed by atoms with Crippen LogP contribution in [0.3, 0.4) is 0 Å². The van der Waals surface area contributed by atoms with Crippen LogP contribution >= 0.6 is 0 Å². The molecule has 0 spiro atoms. The summed E-state index contributed by atoms with van der Waals surface area (Å²) >= 11 is 0. The van der Waals surface area contributed by atoms with Gasteiger partial charge in [-0.15, -0.1) is 0 Å². The highest BCUT2D eigenvalue weighted by Crippen LogP contribution is 2.37. The first-order valence-electron chi connectivity index (χ1n) is 5.89. The molecule has 1 atom stereocenters. The summed E-state index contributed by atoms with van der Waals surface area (Å²) in [5.41, 5.74) is 9.43. The summed E-state index contributed by atoms with van der Waals surface area (Å²) in [6.45, 7) is 0.190. The molecule has 7 nitrogen and oxygen atoms in total. The maximum atomic E-state index is 11.5. The molecule has 98 valence electrons. The number of hydrogen-bond donors (Lipinski definition) is 5. The van der Waals surface area contributed by atoms with Crippen molar-refractivity contribution in [3.63, 3.8) is 0 Å². The fourth-order valence-corrected chi connectivity index (χ4v) is 2.00. The summed E-state index contributed by atoms with van der Waals surface area (Å²) in [6.07, 6.45) is 3.07. The molecule has 0 aromatic carbocycles. The average Bonchev–Trinajstić information content (AvgIpc) is 2.52. The summed E-state index contributed by atoms with van der Waals surface area (Å²) < 4.78 is 0. The second kappa shape index (κ2) is 5.95. The molecule has 0 aromatic heterocycles. The van der Waals surface area contributed by atoms with E-state index < -0.39 is 11.6 Å². The van der Waals surface area contributed by atoms with Gasteiger partial charge in [0, 0.05) is 13.6 Å². The molecule has 1 saturated heterocycles. The van der Waals surface area contributed by atoms with Crippen LogP contribution in [0.1, 0.15) is 19.3 Å². The number of amides is 3. The maximum Gasteiger partial charge on any atom is 0.322 e. The number of hydrogen-bond acceptors (Lipinski definition) is 4. The lowest BCUT2D eigenvalue weighted by molar-refractivity contribution is -0.681. The molecule has 2 fully saturated rings. The van der Waals surface area contributed by atoms with Crippen molar-refractivity contribution >= 4 is 11.9 Å². The fraction of sp³-hybridized carbons (Fsp3) is 0.800. The van der Waals surface area contributed by atoms with Crippen LogP contribution in [0.15, 0.2) is 0 Å². The van der Waals surface area contributed by atoms with Crippen molar-refractivity contribution < 1.29 is 15.0 Å². The van der Waals surface area contributed by atoms with Crippen molar-refractivity contribution in [3.05, 3.63) is 0 Å². The molecule has 0 aromatic rings. The molecule has 0 radical (unpaired) electrons. The van der Waals surface area contributed by atoms with Crippen molar-refractivity contribution in [1.29, 1.82) is 0 Å². The summed E-state index contributed by atoms with van der Waals surface area (Å²) in [6, 6.07) is -0.414. The summed E-state index contributed by atoms with van der Waals surface area (Å²) in [7, 11) is 3.82. The molecule has 7 N–H and O–H groups in total. The van der Waals surface area contributed by atoms with Crippen molar-refractivity contribution in [2.75, 3.05) is 20.6 Å². The zero-order chi connectivity index (χ0) is 12.9. The molecular weight excluding hydrogens is 222 g/mol. The highest BCUT2D eigenvalue weighted by atomic mass is 16.2. The van der Waals surface area contributed by atoms with E-state index in [0.717, 1.165) is 19.3 Å². The molecule has 1 unspecified atom stereocenters. The van der Waals surface area contributed by atoms with Crippen LogP contribution in [0, 0.1) is 5.92 Å². The maximum absolute atomic E-state index is 11.5. The number of imide groups is 1. The highest BCUT2D eigenvalue weighted by Gasteiger charge is 2.52. The second-order valence-electron chi connectivity index (χ2n) is 4.29. The minimum Gasteiger partial charge on any atom is -0.328 e. The van der Waals surface area contributed by atoms with Gasteiger partial charge in [0.1, 0.15) is 5.54 Å². The van der Waals surface area contributed by atoms with E-state index in [2.05, 4.69) is 16.1 Å². The lowest BCUT2D eigenvalue weighted by Crippen LogP contribution is -2.88. The number of quaternary nitrogens is 1. The highest BCUT2D eigenvalue weighted by molar-refractivity contribution is 6.07. The smallest absolute Gasteiger partial charge is 0.322 e. The minimum absolute atomic E-state index is 0.190. The molecule has 2 rings (SSSR count). The van der Waals surface area contributed by atoms with Crippen LogP contribution in [0.4, 0.5) is 4.79 Å². The summed E-state index contributed by atoms with van der Waals surface area (Å²) in [4.78, 5) is 22.5. The Kier molecular flexibility index (Phi) is 4.86. The summed E-state index contributed by atoms with van der Waals surface area (Å²) in [5.74, 6) is -0.0337. The molecule has 2 aliphatic rings. The SMILES string of the molecule is CN[NH2+]C.NCC1(C2CCC2)NC(=O)NC1=O. The lowest BCUT2D eigenvalue weighted by Gasteiger charge is -2.39. The van der Waals surface area contributed by atoms with Gasteiger partial charge in [0.15, 0.2) is 0 Å². The fourth-order valence-electron chi connectivity index (χ4n) is 2.00. The average molecular weight is 244 g/mol. The Hall–Kier alpha value is -1.18. The topological polar surface area (TPSA) is 113 Å². The van der Waals surface area contributed by atoms with Crippen LogP contribution in [0.25, 0.3) is 0 Å². The van der Waals surface area contributed by atoms with Crippen molar-refractivity contribution in [2.45, 2.75) is 24.8 Å². The van der Waals surface area contributed by atoms with Gasteiger partial charge in [0.25, 0.3) is 5.91 Å². The molecule has 1 heterocycles. The predicted octanol–water partition coefficient (Wildman–Crippen LogP) is -2.36. The van der Waals surface area contributed by atoms with Crippen molar-refractivity contribution in [1.82, 2.24) is 16.1 Å². The van der Waals surface area contributed by atoms with Gasteiger partial charge in [-0.25, -0.2) is 4.79 Å². The van der Waals surface area contributed by atoms with Gasteiger partial charge in [0.05, 0.1) is 7.05 Å². The third-order valence-electron chi connectivity index (χ3n) is 3.38. The standard InChI is InChI=1S/C8H13N3O2.C2H8N2/c9-4-8(5-2-1-3-5)6(12)10-7(13)11-8;1-3-4-2/h5H,1-4,9H2,(H2,10,11,12,13);3-4H,1-2H3/p+1. The first-order chi connectivity index (χ1) is 8.10. The van der Waals surface area contributed by atoms with Gasteiger partial charge in [0.2, 0.25) is 0 Å². The van der Waals surface area contributed by atoms with E-state index in [-0.39, 0.29) is 18.4 Å². The Bertz CT molecular complexity index is 290. The van der Waals surface area contributed by atoms with E-state index in [9.17, 15) is 9.59 Å². The Morgan fingerprint density at radius 3 is 2.35 bits per heavy atom. The number of urea groups is 1. The lowest BCUT2D eigenvalue weighted by atomic mass is 9.70. The predicted molar refractivity (Wildman–Crippen MR) is 62.7 cm³/mol. The largest absolute Gasteiger partial charge is 0.328 e. The molecule has 1 saturated carbocycles. The van der Waals surface area contributed by atoms with E-state index in [4.69, 9.17) is 5.73 Å². The van der Waals surface area contributed by atoms with Crippen LogP contribution in [-0.2, 0) is 4.79 Å². The zero-order valence-corrected chi connectivity index (χ0v) is 10.4. The van der Waals surface area contributed by atoms with Crippen molar-refractivity contribution in [3.8, 4) is 0 Å². The second-order valence-corrected chi connectivity index (χ2v) is 4.29. The normalized spacial score (nSPS) is 27.7. The van der Waals surface area contributed by atoms with Crippen LogP contribution in [-0.4, -0.2) is 38.1 Å². The Morgan fingerprint density at radius 2 is 2.12 bits per heavy atom. The van der Waals surface area contributed by atoms with Gasteiger partial charge in [-0.1, -0.05) is 6.42 Å². The molecule has 17 heavy (non-hydrogen) atoms. The van der Waals surface area contributed by atoms with E-state index in [1.165, 1.54) is 0 Å². The number of nitrogens with two attached hydrogens (primary N) is 2. The zero-order valence-electron chi connectivity index (χ0n) is 10.4. The van der Waals surface area contributed by atoms with Gasteiger partial charge < -0.3 is 11.1 Å². The third kappa shape index (κ3) is 2.74. The molecule has 1 aliphatic carbocycles. The molecule has 1 aliphatic heterocycles. The third-order valence-corrected chi connectivity index (χ3v) is 3.38. The summed E-state index contributed by atoms with van der Waals surface area (Å²) in [5, 5.41) is 4.88. The van der Waals surface area contributed by atoms with Gasteiger partial charge in [-0.05, 0) is 18.8 Å². The molecule has 3 amide bonds. The number of nitrogens with one attached hydrogen (secondary N) is 3. The van der Waals surface area contributed by atoms with E-state index in [1.807, 2.05) is 19.5 Å². The van der Waals surface area contributed by atoms with Crippen LogP contribution in [0.5, 0.6) is 0 Å². The van der Waals surface area contributed by atoms with Gasteiger partial charge >= 0.3 is 6.03 Å². The van der Waals surface area contributed by atoms with E-state index >= 15 is 0 Å². The van der Waals surface area contributed by atoms with Gasteiger partial charge in [-0.3, -0.25) is 15.5 Å². The first kappa shape index (κ1) is 13.9.